The molecule has 0 unspecified atom stereocenters. The van der Waals surface area contributed by atoms with Crippen molar-refractivity contribution in [3.63, 3.8) is 0 Å². The molecule has 166 valence electrons. The van der Waals surface area contributed by atoms with Crippen molar-refractivity contribution < 1.29 is 0 Å². The van der Waals surface area contributed by atoms with Crippen LogP contribution in [-0.2, 0) is 32.4 Å². The second-order valence-electron chi connectivity index (χ2n) is 8.51. The zero-order valence-corrected chi connectivity index (χ0v) is 19.8. The third-order valence-corrected chi connectivity index (χ3v) is 7.65. The van der Waals surface area contributed by atoms with E-state index in [2.05, 4.69) is 36.5 Å². The van der Waals surface area contributed by atoms with Gasteiger partial charge in [-0.15, -0.1) is 11.3 Å². The van der Waals surface area contributed by atoms with Crippen molar-refractivity contribution in [2.24, 2.45) is 0 Å². The molecule has 1 aromatic carbocycles. The Balaban J connectivity index is 1.49. The first-order valence-electron chi connectivity index (χ1n) is 11.5. The van der Waals surface area contributed by atoms with Crippen molar-refractivity contribution >= 4 is 33.2 Å². The number of rotatable bonds is 6. The molecular weight excluding hydrogens is 418 g/mol. The minimum absolute atomic E-state index is 0.0752. The van der Waals surface area contributed by atoms with Crippen LogP contribution in [0.25, 0.3) is 10.2 Å². The van der Waals surface area contributed by atoms with Gasteiger partial charge in [0.2, 0.25) is 5.95 Å². The van der Waals surface area contributed by atoms with Crippen LogP contribution in [0.2, 0.25) is 0 Å². The maximum absolute atomic E-state index is 13.4. The maximum atomic E-state index is 13.4. The average Bonchev–Trinajstić information content (AvgIpc) is 3.31. The Bertz CT molecular complexity index is 1330. The molecule has 4 aromatic rings. The van der Waals surface area contributed by atoms with Gasteiger partial charge in [0.05, 0.1) is 22.5 Å². The van der Waals surface area contributed by atoms with Gasteiger partial charge >= 0.3 is 0 Å². The molecule has 1 aliphatic carbocycles. The summed E-state index contributed by atoms with van der Waals surface area (Å²) < 4.78 is 3.81. The van der Waals surface area contributed by atoms with Crippen LogP contribution < -0.4 is 10.9 Å². The lowest BCUT2D eigenvalue weighted by Gasteiger charge is -2.14. The summed E-state index contributed by atoms with van der Waals surface area (Å²) >= 11 is 1.69. The topological polar surface area (TPSA) is 64.7 Å². The van der Waals surface area contributed by atoms with Gasteiger partial charge in [-0.05, 0) is 64.0 Å². The second kappa shape index (κ2) is 8.54. The molecule has 7 heteroatoms. The van der Waals surface area contributed by atoms with E-state index in [1.54, 1.807) is 15.9 Å². The molecule has 0 spiro atoms. The highest BCUT2D eigenvalue weighted by Gasteiger charge is 2.22. The maximum Gasteiger partial charge on any atom is 0.263 e. The number of nitrogens with zero attached hydrogens (tertiary/aromatic N) is 4. The van der Waals surface area contributed by atoms with Crippen molar-refractivity contribution in [1.29, 1.82) is 0 Å². The largest absolute Gasteiger partial charge is 0.322 e. The molecule has 1 aliphatic rings. The van der Waals surface area contributed by atoms with Gasteiger partial charge in [-0.3, -0.25) is 14.0 Å². The van der Waals surface area contributed by atoms with Crippen LogP contribution in [0.1, 0.15) is 47.2 Å². The third-order valence-electron chi connectivity index (χ3n) is 6.46. The Kier molecular flexibility index (Phi) is 5.59. The molecule has 3 heterocycles. The van der Waals surface area contributed by atoms with Gasteiger partial charge in [0.15, 0.2) is 0 Å². The van der Waals surface area contributed by atoms with Gasteiger partial charge in [-0.25, -0.2) is 4.98 Å². The second-order valence-corrected chi connectivity index (χ2v) is 9.59. The Morgan fingerprint density at radius 2 is 1.91 bits per heavy atom. The zero-order chi connectivity index (χ0) is 22.2. The van der Waals surface area contributed by atoms with Crippen LogP contribution >= 0.6 is 11.3 Å². The summed E-state index contributed by atoms with van der Waals surface area (Å²) in [7, 11) is 0. The highest BCUT2D eigenvalue weighted by Crippen LogP contribution is 2.35. The normalized spacial score (nSPS) is 13.5. The van der Waals surface area contributed by atoms with E-state index in [1.165, 1.54) is 22.4 Å². The summed E-state index contributed by atoms with van der Waals surface area (Å²) in [6, 6.07) is 10.5. The molecule has 5 rings (SSSR count). The van der Waals surface area contributed by atoms with Crippen LogP contribution in [0.3, 0.4) is 0 Å². The quantitative estimate of drug-likeness (QED) is 0.444. The fourth-order valence-corrected chi connectivity index (χ4v) is 5.97. The number of aryl methyl sites for hydroxylation is 5. The SMILES string of the molecule is CCn1c(Nc2c(C)nn(CCc3ccccc3)c2C)nc2sc3c(c2c1=O)CCCC3. The Morgan fingerprint density at radius 3 is 2.69 bits per heavy atom. The van der Waals surface area contributed by atoms with E-state index in [0.717, 1.165) is 59.5 Å². The minimum atomic E-state index is 0.0752. The van der Waals surface area contributed by atoms with E-state index < -0.39 is 0 Å². The van der Waals surface area contributed by atoms with E-state index in [0.29, 0.717) is 12.5 Å². The van der Waals surface area contributed by atoms with Crippen molar-refractivity contribution in [3.8, 4) is 0 Å². The summed E-state index contributed by atoms with van der Waals surface area (Å²) in [6.07, 6.45) is 5.34. The number of benzene rings is 1. The molecule has 0 saturated carbocycles. The van der Waals surface area contributed by atoms with Gasteiger partial charge in [0.25, 0.3) is 5.56 Å². The van der Waals surface area contributed by atoms with Gasteiger partial charge in [0, 0.05) is 18.0 Å². The summed E-state index contributed by atoms with van der Waals surface area (Å²) in [6.45, 7) is 7.47. The van der Waals surface area contributed by atoms with Gasteiger partial charge in [0.1, 0.15) is 4.83 Å². The Morgan fingerprint density at radius 1 is 1.12 bits per heavy atom. The first-order chi connectivity index (χ1) is 15.6. The first-order valence-corrected chi connectivity index (χ1v) is 12.3. The molecule has 0 amide bonds. The van der Waals surface area contributed by atoms with Crippen LogP contribution in [0.4, 0.5) is 11.6 Å². The molecule has 0 fully saturated rings. The van der Waals surface area contributed by atoms with E-state index in [4.69, 9.17) is 10.1 Å². The number of thiophene rings is 1. The lowest BCUT2D eigenvalue weighted by molar-refractivity contribution is 0.594. The van der Waals surface area contributed by atoms with Crippen LogP contribution in [0, 0.1) is 13.8 Å². The highest BCUT2D eigenvalue weighted by atomic mass is 32.1. The van der Waals surface area contributed by atoms with E-state index in [9.17, 15) is 4.79 Å². The van der Waals surface area contributed by atoms with Crippen molar-refractivity contribution in [2.75, 3.05) is 5.32 Å². The molecule has 1 N–H and O–H groups in total. The van der Waals surface area contributed by atoms with Crippen molar-refractivity contribution in [3.05, 3.63) is 68.1 Å². The summed E-state index contributed by atoms with van der Waals surface area (Å²) in [5.74, 6) is 0.609. The summed E-state index contributed by atoms with van der Waals surface area (Å²) in [4.78, 5) is 20.5. The number of hydrogen-bond acceptors (Lipinski definition) is 5. The number of fused-ring (bicyclic) bond motifs is 3. The molecule has 6 nitrogen and oxygen atoms in total. The molecule has 32 heavy (non-hydrogen) atoms. The fourth-order valence-electron chi connectivity index (χ4n) is 4.71. The molecule has 0 radical (unpaired) electrons. The molecule has 0 saturated heterocycles. The van der Waals surface area contributed by atoms with Crippen LogP contribution in [0.5, 0.6) is 0 Å². The standard InChI is InChI=1S/C25H29N5OS/c1-4-29-24(31)21-19-12-8-9-13-20(19)32-23(21)27-25(29)26-22-16(2)28-30(17(22)3)15-14-18-10-6-5-7-11-18/h5-7,10-11H,4,8-9,12-15H2,1-3H3,(H,26,27). The summed E-state index contributed by atoms with van der Waals surface area (Å²) in [5, 5.41) is 9.06. The minimum Gasteiger partial charge on any atom is -0.322 e. The van der Waals surface area contributed by atoms with Crippen molar-refractivity contribution in [2.45, 2.75) is 66.0 Å². The molecule has 3 aromatic heterocycles. The highest BCUT2D eigenvalue weighted by molar-refractivity contribution is 7.18. The number of nitrogens with one attached hydrogen (secondary N) is 1. The van der Waals surface area contributed by atoms with E-state index in [1.807, 2.05) is 24.6 Å². The van der Waals surface area contributed by atoms with Crippen molar-refractivity contribution in [1.82, 2.24) is 19.3 Å². The third kappa shape index (κ3) is 3.64. The monoisotopic (exact) mass is 447 g/mol. The molecule has 0 atom stereocenters. The Hall–Kier alpha value is -2.93. The number of aromatic nitrogens is 4. The smallest absolute Gasteiger partial charge is 0.263 e. The van der Waals surface area contributed by atoms with Crippen LogP contribution in [0.15, 0.2) is 35.1 Å². The lowest BCUT2D eigenvalue weighted by atomic mass is 9.97. The molecular formula is C25H29N5OS. The lowest BCUT2D eigenvalue weighted by Crippen LogP contribution is -2.24. The fraction of sp³-hybridized carbons (Fsp3) is 0.400. The predicted octanol–water partition coefficient (Wildman–Crippen LogP) is 5.16. The summed E-state index contributed by atoms with van der Waals surface area (Å²) in [5.41, 5.74) is 5.52. The molecule has 0 aliphatic heterocycles. The molecule has 0 bridgehead atoms. The predicted molar refractivity (Wildman–Crippen MR) is 131 cm³/mol. The number of hydrogen-bond donors (Lipinski definition) is 1. The van der Waals surface area contributed by atoms with E-state index >= 15 is 0 Å². The number of anilines is 2. The van der Waals surface area contributed by atoms with Crippen LogP contribution in [-0.4, -0.2) is 19.3 Å². The zero-order valence-electron chi connectivity index (χ0n) is 18.9. The van der Waals surface area contributed by atoms with E-state index in [-0.39, 0.29) is 5.56 Å². The Labute approximate surface area is 191 Å². The van der Waals surface area contributed by atoms with Gasteiger partial charge < -0.3 is 5.32 Å². The average molecular weight is 448 g/mol. The first kappa shape index (κ1) is 20.9. The van der Waals surface area contributed by atoms with Gasteiger partial charge in [-0.2, -0.15) is 5.10 Å². The van der Waals surface area contributed by atoms with Gasteiger partial charge in [-0.1, -0.05) is 30.3 Å².